The number of hydrogen-bond donors (Lipinski definition) is 0. The van der Waals surface area contributed by atoms with Crippen molar-refractivity contribution in [3.63, 3.8) is 0 Å². The van der Waals surface area contributed by atoms with Crippen molar-refractivity contribution in [1.82, 2.24) is 14.2 Å². The molecule has 11 heteroatoms. The van der Waals surface area contributed by atoms with Gasteiger partial charge < -0.3 is 4.90 Å². The summed E-state index contributed by atoms with van der Waals surface area (Å²) in [7, 11) is 1.96. The number of carbonyl (C=O) groups excluding carboxylic acids is 3. The molecule has 9 nitrogen and oxygen atoms in total. The Morgan fingerprint density at radius 1 is 1.14 bits per heavy atom. The Bertz CT molecular complexity index is 1010. The lowest BCUT2D eigenvalue weighted by molar-refractivity contribution is -0.385. The number of aromatic nitrogens is 1. The molecule has 1 atom stereocenters. The Balaban J connectivity index is 1.46. The summed E-state index contributed by atoms with van der Waals surface area (Å²) in [6.45, 7) is 0.342. The van der Waals surface area contributed by atoms with Crippen LogP contribution in [-0.2, 0) is 16.1 Å². The van der Waals surface area contributed by atoms with Crippen LogP contribution in [0.3, 0.4) is 0 Å². The fourth-order valence-corrected chi connectivity index (χ4v) is 5.20. The molecule has 2 aliphatic heterocycles. The first-order valence-corrected chi connectivity index (χ1v) is 10.8. The zero-order valence-electron chi connectivity index (χ0n) is 14.9. The molecule has 29 heavy (non-hydrogen) atoms. The number of amides is 3. The van der Waals surface area contributed by atoms with Crippen LogP contribution in [0, 0.1) is 10.1 Å². The third-order valence-corrected chi connectivity index (χ3v) is 6.90. The summed E-state index contributed by atoms with van der Waals surface area (Å²) in [4.78, 5) is 53.5. The van der Waals surface area contributed by atoms with Crippen molar-refractivity contribution >= 4 is 45.2 Å². The summed E-state index contributed by atoms with van der Waals surface area (Å²) in [5, 5.41) is 11.1. The predicted molar refractivity (Wildman–Crippen MR) is 106 cm³/mol. The summed E-state index contributed by atoms with van der Waals surface area (Å²) in [5.41, 5.74) is 1.31. The first-order valence-electron chi connectivity index (χ1n) is 8.66. The van der Waals surface area contributed by atoms with Crippen LogP contribution in [0.5, 0.6) is 0 Å². The van der Waals surface area contributed by atoms with E-state index < -0.39 is 16.9 Å². The van der Waals surface area contributed by atoms with E-state index in [9.17, 15) is 24.5 Å². The van der Waals surface area contributed by atoms with Crippen LogP contribution in [0.25, 0.3) is 0 Å². The minimum atomic E-state index is -0.703. The van der Waals surface area contributed by atoms with Crippen LogP contribution in [0.2, 0.25) is 0 Å². The van der Waals surface area contributed by atoms with Crippen molar-refractivity contribution in [2.24, 2.45) is 0 Å². The summed E-state index contributed by atoms with van der Waals surface area (Å²) in [6.07, 6.45) is 1.55. The van der Waals surface area contributed by atoms with Crippen molar-refractivity contribution < 1.29 is 19.3 Å². The Morgan fingerprint density at radius 2 is 1.93 bits per heavy atom. The monoisotopic (exact) mass is 430 g/mol. The first-order chi connectivity index (χ1) is 14.0. The standard InChI is InChI=1S/C18H14N4O5S2/c23-16-8-6-14(20-10-11-3-1-2-4-13(11)17(20)24)18(25)21(16)29-28-15-7-5-12(9-19-15)22(26)27/h1-5,7,9,14H,6,8,10H2. The molecular formula is C18H14N4O5S2. The second-order valence-electron chi connectivity index (χ2n) is 6.44. The fourth-order valence-electron chi connectivity index (χ4n) is 3.24. The average molecular weight is 430 g/mol. The molecule has 2 aliphatic rings. The second-order valence-corrected chi connectivity index (χ2v) is 8.49. The molecule has 0 saturated carbocycles. The number of hydrogen-bond acceptors (Lipinski definition) is 8. The molecule has 3 heterocycles. The van der Waals surface area contributed by atoms with Crippen LogP contribution in [0.4, 0.5) is 5.69 Å². The average Bonchev–Trinajstić information content (AvgIpc) is 3.05. The van der Waals surface area contributed by atoms with Crippen molar-refractivity contribution in [3.05, 3.63) is 63.8 Å². The lowest BCUT2D eigenvalue weighted by Crippen LogP contribution is -2.52. The van der Waals surface area contributed by atoms with Crippen LogP contribution in [-0.4, -0.2) is 42.9 Å². The number of rotatable bonds is 5. The van der Waals surface area contributed by atoms with Gasteiger partial charge in [0.2, 0.25) is 5.91 Å². The van der Waals surface area contributed by atoms with Crippen molar-refractivity contribution in [2.45, 2.75) is 30.5 Å². The Kier molecular flexibility index (Phi) is 5.24. The smallest absolute Gasteiger partial charge is 0.287 e. The molecule has 1 fully saturated rings. The lowest BCUT2D eigenvalue weighted by atomic mass is 10.0. The molecule has 1 aromatic carbocycles. The van der Waals surface area contributed by atoms with Gasteiger partial charge in [-0.25, -0.2) is 9.29 Å². The number of pyridine rings is 1. The van der Waals surface area contributed by atoms with Gasteiger partial charge in [-0.05, 0) is 34.9 Å². The minimum Gasteiger partial charge on any atom is -0.322 e. The molecule has 4 rings (SSSR count). The summed E-state index contributed by atoms with van der Waals surface area (Å²) in [5.74, 6) is -0.987. The normalized spacial score (nSPS) is 18.9. The third-order valence-electron chi connectivity index (χ3n) is 4.70. The summed E-state index contributed by atoms with van der Waals surface area (Å²) in [6, 6.07) is 9.27. The number of benzene rings is 1. The van der Waals surface area contributed by atoms with Gasteiger partial charge >= 0.3 is 0 Å². The molecule has 1 aromatic heterocycles. The molecule has 2 aromatic rings. The molecule has 148 valence electrons. The van der Waals surface area contributed by atoms with E-state index in [0.717, 1.165) is 37.8 Å². The summed E-state index contributed by atoms with van der Waals surface area (Å²) >= 11 is 0. The highest BCUT2D eigenvalue weighted by Crippen LogP contribution is 2.38. The van der Waals surface area contributed by atoms with Gasteiger partial charge in [0.1, 0.15) is 17.3 Å². The van der Waals surface area contributed by atoms with Crippen LogP contribution in [0.15, 0.2) is 47.6 Å². The maximum absolute atomic E-state index is 13.0. The van der Waals surface area contributed by atoms with Gasteiger partial charge in [-0.15, -0.1) is 0 Å². The van der Waals surface area contributed by atoms with Gasteiger partial charge in [-0.3, -0.25) is 24.5 Å². The van der Waals surface area contributed by atoms with E-state index in [2.05, 4.69) is 4.98 Å². The molecule has 1 unspecified atom stereocenters. The number of carbonyl (C=O) groups is 3. The number of nitro groups is 1. The molecule has 3 amide bonds. The van der Waals surface area contributed by atoms with E-state index in [1.807, 2.05) is 12.1 Å². The molecule has 0 N–H and O–H groups in total. The first kappa shape index (κ1) is 19.4. The van der Waals surface area contributed by atoms with E-state index >= 15 is 0 Å². The molecule has 0 spiro atoms. The molecule has 0 aliphatic carbocycles. The van der Waals surface area contributed by atoms with E-state index in [1.165, 1.54) is 17.0 Å². The van der Waals surface area contributed by atoms with Gasteiger partial charge in [-0.2, -0.15) is 0 Å². The highest BCUT2D eigenvalue weighted by Gasteiger charge is 2.43. The molecule has 0 bridgehead atoms. The number of fused-ring (bicyclic) bond motifs is 1. The molecular weight excluding hydrogens is 416 g/mol. The second kappa shape index (κ2) is 7.84. The topological polar surface area (TPSA) is 114 Å². The van der Waals surface area contributed by atoms with Gasteiger partial charge in [0.25, 0.3) is 17.5 Å². The SMILES string of the molecule is O=C1CCC(N2Cc3ccccc3C2=O)C(=O)N1SSc1ccc([N+](=O)[O-])cn1. The van der Waals surface area contributed by atoms with E-state index in [0.29, 0.717) is 17.1 Å². The van der Waals surface area contributed by atoms with E-state index in [-0.39, 0.29) is 30.3 Å². The fraction of sp³-hybridized carbons (Fsp3) is 0.222. The zero-order chi connectivity index (χ0) is 20.5. The quantitative estimate of drug-likeness (QED) is 0.234. The third kappa shape index (κ3) is 3.70. The van der Waals surface area contributed by atoms with Gasteiger partial charge in [0.15, 0.2) is 0 Å². The van der Waals surface area contributed by atoms with Gasteiger partial charge in [0.05, 0.1) is 4.92 Å². The van der Waals surface area contributed by atoms with Crippen molar-refractivity contribution in [3.8, 4) is 0 Å². The van der Waals surface area contributed by atoms with E-state index in [1.54, 1.807) is 12.1 Å². The van der Waals surface area contributed by atoms with Gasteiger partial charge in [-0.1, -0.05) is 18.2 Å². The van der Waals surface area contributed by atoms with E-state index in [4.69, 9.17) is 0 Å². The number of nitrogens with zero attached hydrogens (tertiary/aromatic N) is 4. The highest BCUT2D eigenvalue weighted by atomic mass is 33.1. The van der Waals surface area contributed by atoms with Gasteiger partial charge in [0, 0.05) is 35.6 Å². The molecule has 1 saturated heterocycles. The predicted octanol–water partition coefficient (Wildman–Crippen LogP) is 2.82. The Hall–Kier alpha value is -2.92. The minimum absolute atomic E-state index is 0.142. The molecule has 0 radical (unpaired) electrons. The zero-order valence-corrected chi connectivity index (χ0v) is 16.5. The van der Waals surface area contributed by atoms with Crippen LogP contribution >= 0.6 is 21.8 Å². The van der Waals surface area contributed by atoms with Crippen LogP contribution < -0.4 is 0 Å². The Morgan fingerprint density at radius 3 is 2.62 bits per heavy atom. The lowest BCUT2D eigenvalue weighted by Gasteiger charge is -2.34. The number of piperidine rings is 1. The summed E-state index contributed by atoms with van der Waals surface area (Å²) < 4.78 is 1.05. The van der Waals surface area contributed by atoms with Crippen molar-refractivity contribution in [1.29, 1.82) is 0 Å². The van der Waals surface area contributed by atoms with Crippen molar-refractivity contribution in [2.75, 3.05) is 0 Å². The van der Waals surface area contributed by atoms with Crippen LogP contribution in [0.1, 0.15) is 28.8 Å². The highest BCUT2D eigenvalue weighted by molar-refractivity contribution is 8.76. The number of imide groups is 1. The maximum atomic E-state index is 13.0. The largest absolute Gasteiger partial charge is 0.322 e. The Labute approximate surface area is 173 Å². The maximum Gasteiger partial charge on any atom is 0.287 e.